The van der Waals surface area contributed by atoms with E-state index in [2.05, 4.69) is 20.0 Å². The molecule has 0 atom stereocenters. The van der Waals surface area contributed by atoms with Crippen LogP contribution in [0.2, 0.25) is 0 Å². The van der Waals surface area contributed by atoms with Crippen LogP contribution in [0.1, 0.15) is 10.6 Å². The van der Waals surface area contributed by atoms with Gasteiger partial charge >= 0.3 is 0 Å². The maximum Gasteiger partial charge on any atom is 0.244 e. The molecule has 0 saturated heterocycles. The van der Waals surface area contributed by atoms with Crippen LogP contribution < -0.4 is 9.46 Å². The maximum atomic E-state index is 12.4. The SMILES string of the molecule is COc1ccc(C)cc1S(=O)(=O)NCc1nn2cnnc2s1. The summed E-state index contributed by atoms with van der Waals surface area (Å²) in [5.74, 6) is 0.302. The van der Waals surface area contributed by atoms with Crippen LogP contribution in [0.15, 0.2) is 29.4 Å². The lowest BCUT2D eigenvalue weighted by molar-refractivity contribution is 0.402. The number of aromatic nitrogens is 4. The first-order valence-corrected chi connectivity index (χ1v) is 8.59. The van der Waals surface area contributed by atoms with Crippen LogP contribution in [0.5, 0.6) is 5.75 Å². The smallest absolute Gasteiger partial charge is 0.244 e. The van der Waals surface area contributed by atoms with E-state index in [-0.39, 0.29) is 11.4 Å². The van der Waals surface area contributed by atoms with Gasteiger partial charge in [0, 0.05) is 0 Å². The van der Waals surface area contributed by atoms with Crippen molar-refractivity contribution in [3.63, 3.8) is 0 Å². The molecule has 1 N–H and O–H groups in total. The number of rotatable bonds is 5. The zero-order valence-electron chi connectivity index (χ0n) is 11.8. The van der Waals surface area contributed by atoms with Gasteiger partial charge < -0.3 is 4.74 Å². The number of methoxy groups -OCH3 is 1. The molecule has 2 heterocycles. The summed E-state index contributed by atoms with van der Waals surface area (Å²) in [6.45, 7) is 1.90. The first kappa shape index (κ1) is 14.9. The number of benzene rings is 1. The normalized spacial score (nSPS) is 11.9. The molecule has 1 aromatic carbocycles. The van der Waals surface area contributed by atoms with Crippen molar-refractivity contribution in [2.24, 2.45) is 0 Å². The third-order valence-electron chi connectivity index (χ3n) is 2.95. The van der Waals surface area contributed by atoms with E-state index < -0.39 is 10.0 Å². The second-order valence-corrected chi connectivity index (χ2v) is 7.31. The molecule has 8 nitrogen and oxygen atoms in total. The van der Waals surface area contributed by atoms with Crippen LogP contribution in [0.3, 0.4) is 0 Å². The largest absolute Gasteiger partial charge is 0.495 e. The third-order valence-corrected chi connectivity index (χ3v) is 5.29. The average Bonchev–Trinajstić information content (AvgIpc) is 3.06. The molecule has 116 valence electrons. The molecule has 0 spiro atoms. The Kier molecular flexibility index (Phi) is 3.81. The highest BCUT2D eigenvalue weighted by molar-refractivity contribution is 7.89. The van der Waals surface area contributed by atoms with Crippen LogP contribution in [0.4, 0.5) is 0 Å². The molecule has 3 aromatic rings. The summed E-state index contributed by atoms with van der Waals surface area (Å²) in [6.07, 6.45) is 1.47. The average molecular weight is 339 g/mol. The first-order chi connectivity index (χ1) is 10.5. The molecule has 0 saturated carbocycles. The fourth-order valence-electron chi connectivity index (χ4n) is 1.90. The van der Waals surface area contributed by atoms with Gasteiger partial charge in [-0.1, -0.05) is 17.4 Å². The van der Waals surface area contributed by atoms with Crippen LogP contribution in [-0.2, 0) is 16.6 Å². The Labute approximate surface area is 130 Å². The van der Waals surface area contributed by atoms with E-state index in [1.54, 1.807) is 18.2 Å². The van der Waals surface area contributed by atoms with Gasteiger partial charge in [0.2, 0.25) is 15.0 Å². The van der Waals surface area contributed by atoms with E-state index in [0.717, 1.165) is 5.56 Å². The molecule has 0 fully saturated rings. The van der Waals surface area contributed by atoms with Crippen molar-refractivity contribution in [1.29, 1.82) is 0 Å². The standard InChI is InChI=1S/C12H13N5O3S2/c1-8-3-4-9(20-2)10(5-8)22(18,19)14-6-11-16-17-7-13-15-12(17)21-11/h3-5,7,14H,6H2,1-2H3. The zero-order chi connectivity index (χ0) is 15.7. The number of ether oxygens (including phenoxy) is 1. The number of aryl methyl sites for hydroxylation is 1. The van der Waals surface area contributed by atoms with Crippen molar-refractivity contribution in [2.45, 2.75) is 18.4 Å². The van der Waals surface area contributed by atoms with Gasteiger partial charge in [0.1, 0.15) is 22.0 Å². The van der Waals surface area contributed by atoms with Crippen LogP contribution >= 0.6 is 11.3 Å². The Morgan fingerprint density at radius 3 is 2.95 bits per heavy atom. The third kappa shape index (κ3) is 2.80. The topological polar surface area (TPSA) is 98.5 Å². The fourth-order valence-corrected chi connectivity index (χ4v) is 3.99. The second kappa shape index (κ2) is 5.63. The van der Waals surface area contributed by atoms with Crippen molar-refractivity contribution < 1.29 is 13.2 Å². The summed E-state index contributed by atoms with van der Waals surface area (Å²) in [5.41, 5.74) is 0.833. The van der Waals surface area contributed by atoms with Crippen molar-refractivity contribution in [2.75, 3.05) is 7.11 Å². The van der Waals surface area contributed by atoms with E-state index in [1.807, 2.05) is 6.92 Å². The number of fused-ring (bicyclic) bond motifs is 1. The molecule has 0 aliphatic heterocycles. The van der Waals surface area contributed by atoms with Crippen molar-refractivity contribution in [3.8, 4) is 5.75 Å². The van der Waals surface area contributed by atoms with Gasteiger partial charge in [0.15, 0.2) is 0 Å². The summed E-state index contributed by atoms with van der Waals surface area (Å²) in [5, 5.41) is 12.3. The van der Waals surface area contributed by atoms with Crippen molar-refractivity contribution >= 4 is 26.3 Å². The molecule has 0 unspecified atom stereocenters. The van der Waals surface area contributed by atoms with E-state index in [1.165, 1.54) is 29.3 Å². The van der Waals surface area contributed by atoms with Gasteiger partial charge in [-0.05, 0) is 24.6 Å². The second-order valence-electron chi connectivity index (χ2n) is 4.53. The summed E-state index contributed by atoms with van der Waals surface area (Å²) in [7, 11) is -2.26. The van der Waals surface area contributed by atoms with Gasteiger partial charge in [-0.3, -0.25) is 0 Å². The van der Waals surface area contributed by atoms with E-state index in [0.29, 0.717) is 15.7 Å². The molecule has 0 aliphatic rings. The summed E-state index contributed by atoms with van der Waals surface area (Å²) < 4.78 is 34.0. The Morgan fingerprint density at radius 2 is 2.23 bits per heavy atom. The number of hydrogen-bond acceptors (Lipinski definition) is 7. The van der Waals surface area contributed by atoms with Crippen molar-refractivity contribution in [1.82, 2.24) is 24.5 Å². The molecule has 22 heavy (non-hydrogen) atoms. The molecular formula is C12H13N5O3S2. The minimum Gasteiger partial charge on any atom is -0.495 e. The van der Waals surface area contributed by atoms with Gasteiger partial charge in [0.05, 0.1) is 13.7 Å². The monoisotopic (exact) mass is 339 g/mol. The first-order valence-electron chi connectivity index (χ1n) is 6.29. The minimum atomic E-state index is -3.70. The Balaban J connectivity index is 1.84. The quantitative estimate of drug-likeness (QED) is 0.744. The molecule has 0 bridgehead atoms. The number of sulfonamides is 1. The van der Waals surface area contributed by atoms with Gasteiger partial charge in [-0.25, -0.2) is 13.1 Å². The molecule has 0 radical (unpaired) electrons. The number of nitrogens with one attached hydrogen (secondary N) is 1. The number of nitrogens with zero attached hydrogens (tertiary/aromatic N) is 4. The molecule has 2 aromatic heterocycles. The van der Waals surface area contributed by atoms with Gasteiger partial charge in [-0.15, -0.1) is 10.2 Å². The van der Waals surface area contributed by atoms with Gasteiger partial charge in [-0.2, -0.15) is 9.61 Å². The molecule has 10 heteroatoms. The molecule has 0 aliphatic carbocycles. The Bertz CT molecular complexity index is 887. The lowest BCUT2D eigenvalue weighted by atomic mass is 10.2. The highest BCUT2D eigenvalue weighted by Gasteiger charge is 2.20. The lowest BCUT2D eigenvalue weighted by Crippen LogP contribution is -2.24. The van der Waals surface area contributed by atoms with Crippen LogP contribution in [0.25, 0.3) is 4.96 Å². The predicted molar refractivity (Wildman–Crippen MR) is 80.4 cm³/mol. The summed E-state index contributed by atoms with van der Waals surface area (Å²) >= 11 is 1.27. The van der Waals surface area contributed by atoms with E-state index >= 15 is 0 Å². The highest BCUT2D eigenvalue weighted by atomic mass is 32.2. The number of hydrogen-bond donors (Lipinski definition) is 1. The van der Waals surface area contributed by atoms with E-state index in [4.69, 9.17) is 4.74 Å². The van der Waals surface area contributed by atoms with E-state index in [9.17, 15) is 8.42 Å². The Morgan fingerprint density at radius 1 is 1.41 bits per heavy atom. The van der Waals surface area contributed by atoms with Crippen LogP contribution in [0, 0.1) is 6.92 Å². The summed E-state index contributed by atoms with van der Waals surface area (Å²) in [4.78, 5) is 0.723. The molecular weight excluding hydrogens is 326 g/mol. The van der Waals surface area contributed by atoms with Crippen LogP contribution in [-0.4, -0.2) is 35.3 Å². The fraction of sp³-hybridized carbons (Fsp3) is 0.250. The molecule has 3 rings (SSSR count). The van der Waals surface area contributed by atoms with Crippen molar-refractivity contribution in [3.05, 3.63) is 35.1 Å². The lowest BCUT2D eigenvalue weighted by Gasteiger charge is -2.10. The minimum absolute atomic E-state index is 0.0768. The summed E-state index contributed by atoms with van der Waals surface area (Å²) in [6, 6.07) is 4.99. The highest BCUT2D eigenvalue weighted by Crippen LogP contribution is 2.24. The predicted octanol–water partition coefficient (Wildman–Crippen LogP) is 0.981. The molecule has 0 amide bonds. The zero-order valence-corrected chi connectivity index (χ0v) is 13.5. The maximum absolute atomic E-state index is 12.4. The van der Waals surface area contributed by atoms with Gasteiger partial charge in [0.25, 0.3) is 0 Å². The Hall–Kier alpha value is -2.04.